The minimum atomic E-state index is -3.56. The highest BCUT2D eigenvalue weighted by molar-refractivity contribution is 9.10. The van der Waals surface area contributed by atoms with Crippen molar-refractivity contribution in [2.75, 3.05) is 16.4 Å². The molecule has 0 bridgehead atoms. The monoisotopic (exact) mass is 561 g/mol. The van der Waals surface area contributed by atoms with E-state index in [-0.39, 0.29) is 17.4 Å². The van der Waals surface area contributed by atoms with Gasteiger partial charge >= 0.3 is 0 Å². The lowest BCUT2D eigenvalue weighted by Crippen LogP contribution is -2.43. The second-order valence-corrected chi connectivity index (χ2v) is 11.4. The number of sulfone groups is 1. The van der Waals surface area contributed by atoms with Gasteiger partial charge in [0.1, 0.15) is 6.04 Å². The van der Waals surface area contributed by atoms with Crippen LogP contribution in [0.3, 0.4) is 0 Å². The van der Waals surface area contributed by atoms with E-state index in [2.05, 4.69) is 31.9 Å². The van der Waals surface area contributed by atoms with E-state index < -0.39 is 21.8 Å². The Kier molecular flexibility index (Phi) is 7.25. The fourth-order valence-electron chi connectivity index (χ4n) is 3.59. The lowest BCUT2D eigenvalue weighted by Gasteiger charge is -2.27. The van der Waals surface area contributed by atoms with Crippen molar-refractivity contribution in [3.8, 4) is 0 Å². The Morgan fingerprint density at radius 3 is 2.50 bits per heavy atom. The molecule has 7 nitrogen and oxygen atoms in total. The zero-order valence-corrected chi connectivity index (χ0v) is 21.0. The SMILES string of the molecule is O=C(NCc1ccc(Cl)cc1)c1ccc2c(c1)NC(=O)[C@@H](CS(=O)(=O)Cc1cccc(Br)c1)N2. The predicted octanol–water partition coefficient (Wildman–Crippen LogP) is 4.38. The van der Waals surface area contributed by atoms with Crippen LogP contribution >= 0.6 is 27.5 Å². The standard InChI is InChI=1S/C24H21BrClN3O4S/c25-18-3-1-2-16(10-18)13-34(32,33)14-22-24(31)29-21-11-17(6-9-20(21)28-22)23(30)27-12-15-4-7-19(26)8-5-15/h1-11,22,28H,12-14H2,(H,27,30)(H,29,31)/t22-/m1/s1. The van der Waals surface area contributed by atoms with Gasteiger partial charge in [0.15, 0.2) is 9.84 Å². The number of halogens is 2. The number of anilines is 2. The van der Waals surface area contributed by atoms with E-state index in [0.29, 0.717) is 34.1 Å². The van der Waals surface area contributed by atoms with E-state index in [4.69, 9.17) is 11.6 Å². The van der Waals surface area contributed by atoms with Crippen molar-refractivity contribution in [2.45, 2.75) is 18.3 Å². The molecule has 34 heavy (non-hydrogen) atoms. The number of nitrogens with one attached hydrogen (secondary N) is 3. The fourth-order valence-corrected chi connectivity index (χ4v) is 5.71. The Morgan fingerprint density at radius 2 is 1.76 bits per heavy atom. The summed E-state index contributed by atoms with van der Waals surface area (Å²) in [5.41, 5.74) is 2.88. The van der Waals surface area contributed by atoms with Crippen LogP contribution in [0.1, 0.15) is 21.5 Å². The van der Waals surface area contributed by atoms with Crippen molar-refractivity contribution >= 4 is 60.6 Å². The van der Waals surface area contributed by atoms with Crippen LogP contribution in [0.15, 0.2) is 71.2 Å². The van der Waals surface area contributed by atoms with Crippen molar-refractivity contribution in [3.63, 3.8) is 0 Å². The molecule has 3 aromatic carbocycles. The summed E-state index contributed by atoms with van der Waals surface area (Å²) in [6.45, 7) is 0.329. The number of amides is 2. The molecule has 3 N–H and O–H groups in total. The molecule has 0 spiro atoms. The third-order valence-electron chi connectivity index (χ3n) is 5.25. The van der Waals surface area contributed by atoms with Gasteiger partial charge in [-0.25, -0.2) is 8.42 Å². The van der Waals surface area contributed by atoms with Gasteiger partial charge in [-0.1, -0.05) is 51.8 Å². The van der Waals surface area contributed by atoms with Crippen LogP contribution in [-0.4, -0.2) is 32.0 Å². The van der Waals surface area contributed by atoms with Gasteiger partial charge in [-0.15, -0.1) is 0 Å². The molecule has 0 fully saturated rings. The molecule has 0 saturated carbocycles. The van der Waals surface area contributed by atoms with Gasteiger partial charge in [0.25, 0.3) is 5.91 Å². The molecule has 1 heterocycles. The average Bonchev–Trinajstić information content (AvgIpc) is 2.78. The zero-order chi connectivity index (χ0) is 24.3. The van der Waals surface area contributed by atoms with E-state index in [0.717, 1.165) is 10.0 Å². The van der Waals surface area contributed by atoms with E-state index in [1.165, 1.54) is 0 Å². The minimum Gasteiger partial charge on any atom is -0.371 e. The fraction of sp³-hybridized carbons (Fsp3) is 0.167. The van der Waals surface area contributed by atoms with Crippen LogP contribution in [0.5, 0.6) is 0 Å². The van der Waals surface area contributed by atoms with E-state index in [1.807, 2.05) is 18.2 Å². The first-order chi connectivity index (χ1) is 16.2. The second-order valence-electron chi connectivity index (χ2n) is 7.94. The number of rotatable bonds is 7. The highest BCUT2D eigenvalue weighted by atomic mass is 79.9. The summed E-state index contributed by atoms with van der Waals surface area (Å²) in [7, 11) is -3.56. The first-order valence-corrected chi connectivity index (χ1v) is 13.4. The Labute approximate surface area is 210 Å². The van der Waals surface area contributed by atoms with Crippen molar-refractivity contribution in [1.29, 1.82) is 0 Å². The first kappa shape index (κ1) is 24.3. The summed E-state index contributed by atoms with van der Waals surface area (Å²) in [6.07, 6.45) is 0. The lowest BCUT2D eigenvalue weighted by molar-refractivity contribution is -0.116. The minimum absolute atomic E-state index is 0.169. The number of carbonyl (C=O) groups excluding carboxylic acids is 2. The Hall–Kier alpha value is -2.88. The third kappa shape index (κ3) is 6.16. The van der Waals surface area contributed by atoms with Crippen LogP contribution in [0, 0.1) is 0 Å². The van der Waals surface area contributed by atoms with Crippen molar-refractivity contribution in [3.05, 3.63) is 92.9 Å². The molecular weight excluding hydrogens is 542 g/mol. The summed E-state index contributed by atoms with van der Waals surface area (Å²) in [4.78, 5) is 25.2. The molecule has 1 aliphatic heterocycles. The van der Waals surface area contributed by atoms with Crippen molar-refractivity contribution in [2.24, 2.45) is 0 Å². The molecule has 176 valence electrons. The maximum absolute atomic E-state index is 12.7. The number of carbonyl (C=O) groups is 2. The molecule has 0 unspecified atom stereocenters. The molecule has 4 rings (SSSR count). The molecule has 2 amide bonds. The molecule has 3 aromatic rings. The maximum Gasteiger partial charge on any atom is 0.251 e. The van der Waals surface area contributed by atoms with Crippen LogP contribution in [0.2, 0.25) is 5.02 Å². The van der Waals surface area contributed by atoms with Gasteiger partial charge in [-0.05, 0) is 53.6 Å². The van der Waals surface area contributed by atoms with Crippen molar-refractivity contribution in [1.82, 2.24) is 5.32 Å². The molecule has 0 aromatic heterocycles. The highest BCUT2D eigenvalue weighted by Gasteiger charge is 2.30. The van der Waals surface area contributed by atoms with E-state index >= 15 is 0 Å². The van der Waals surface area contributed by atoms with Crippen LogP contribution < -0.4 is 16.0 Å². The third-order valence-corrected chi connectivity index (χ3v) is 7.61. The second kappa shape index (κ2) is 10.2. The van der Waals surface area contributed by atoms with E-state index in [9.17, 15) is 18.0 Å². The molecule has 1 atom stereocenters. The van der Waals surface area contributed by atoms with Crippen molar-refractivity contribution < 1.29 is 18.0 Å². The van der Waals surface area contributed by atoms with Gasteiger partial charge < -0.3 is 16.0 Å². The van der Waals surface area contributed by atoms with Gasteiger partial charge in [-0.2, -0.15) is 0 Å². The molecule has 10 heteroatoms. The molecule has 0 saturated heterocycles. The summed E-state index contributed by atoms with van der Waals surface area (Å²) >= 11 is 9.21. The van der Waals surface area contributed by atoms with E-state index in [1.54, 1.807) is 48.5 Å². The topological polar surface area (TPSA) is 104 Å². The summed E-state index contributed by atoms with van der Waals surface area (Å²) in [6, 6.07) is 18.1. The number of fused-ring (bicyclic) bond motifs is 1. The average molecular weight is 563 g/mol. The number of hydrogen-bond acceptors (Lipinski definition) is 5. The maximum atomic E-state index is 12.7. The quantitative estimate of drug-likeness (QED) is 0.396. The summed E-state index contributed by atoms with van der Waals surface area (Å²) < 4.78 is 26.2. The molecule has 0 aliphatic carbocycles. The number of hydrogen-bond donors (Lipinski definition) is 3. The van der Waals surface area contributed by atoms with Crippen LogP contribution in [-0.2, 0) is 26.9 Å². The largest absolute Gasteiger partial charge is 0.371 e. The Morgan fingerprint density at radius 1 is 1.00 bits per heavy atom. The molecule has 0 radical (unpaired) electrons. The van der Waals surface area contributed by atoms with Crippen LogP contribution in [0.4, 0.5) is 11.4 Å². The van der Waals surface area contributed by atoms with Gasteiger partial charge in [0, 0.05) is 21.6 Å². The molecular formula is C24H21BrClN3O4S. The molecule has 1 aliphatic rings. The number of benzene rings is 3. The smallest absolute Gasteiger partial charge is 0.251 e. The summed E-state index contributed by atoms with van der Waals surface area (Å²) in [5.74, 6) is -1.29. The highest BCUT2D eigenvalue weighted by Crippen LogP contribution is 2.28. The Bertz CT molecular complexity index is 1350. The normalized spacial score (nSPS) is 15.1. The Balaban J connectivity index is 1.40. The van der Waals surface area contributed by atoms with Gasteiger partial charge in [-0.3, -0.25) is 9.59 Å². The van der Waals surface area contributed by atoms with Gasteiger partial charge in [0.2, 0.25) is 5.91 Å². The predicted molar refractivity (Wildman–Crippen MR) is 137 cm³/mol. The summed E-state index contributed by atoms with van der Waals surface area (Å²) in [5, 5.41) is 9.14. The van der Waals surface area contributed by atoms with Gasteiger partial charge in [0.05, 0.1) is 22.9 Å². The lowest BCUT2D eigenvalue weighted by atomic mass is 10.1. The zero-order valence-electron chi connectivity index (χ0n) is 17.8. The van der Waals surface area contributed by atoms with Crippen LogP contribution in [0.25, 0.3) is 0 Å². The first-order valence-electron chi connectivity index (χ1n) is 10.4.